The zero-order chi connectivity index (χ0) is 17.4. The number of nitrogens with one attached hydrogen (secondary N) is 2. The summed E-state index contributed by atoms with van der Waals surface area (Å²) in [5.41, 5.74) is 0.808. The van der Waals surface area contributed by atoms with Gasteiger partial charge in [-0.25, -0.2) is 9.69 Å². The summed E-state index contributed by atoms with van der Waals surface area (Å²) in [4.78, 5) is 30.1. The Morgan fingerprint density at radius 3 is 2.76 bits per heavy atom. The van der Waals surface area contributed by atoms with Crippen LogP contribution in [0.25, 0.3) is 0 Å². The summed E-state index contributed by atoms with van der Waals surface area (Å²) in [6.07, 6.45) is 8.09. The molecule has 1 saturated heterocycles. The van der Waals surface area contributed by atoms with E-state index in [-0.39, 0.29) is 11.9 Å². The first-order valence-electron chi connectivity index (χ1n) is 9.69. The molecule has 1 aromatic rings. The van der Waals surface area contributed by atoms with Crippen LogP contribution in [0.15, 0.2) is 11.4 Å². The van der Waals surface area contributed by atoms with Crippen LogP contribution in [0.3, 0.4) is 0 Å². The summed E-state index contributed by atoms with van der Waals surface area (Å²) < 4.78 is 0. The molecule has 0 aromatic carbocycles. The number of fused-ring (bicyclic) bond motifs is 1. The van der Waals surface area contributed by atoms with Gasteiger partial charge in [0.1, 0.15) is 11.6 Å². The van der Waals surface area contributed by atoms with Crippen molar-refractivity contribution in [1.29, 1.82) is 0 Å². The Morgan fingerprint density at radius 2 is 2.04 bits per heavy atom. The molecule has 5 nitrogen and oxygen atoms in total. The highest BCUT2D eigenvalue weighted by molar-refractivity contribution is 7.10. The van der Waals surface area contributed by atoms with Crippen molar-refractivity contribution in [1.82, 2.24) is 10.2 Å². The van der Waals surface area contributed by atoms with Gasteiger partial charge >= 0.3 is 6.03 Å². The van der Waals surface area contributed by atoms with E-state index in [0.717, 1.165) is 45.1 Å². The molecular weight excluding hydrogens is 334 g/mol. The average molecular weight is 363 g/mol. The Hall–Kier alpha value is -1.40. The maximum atomic E-state index is 13.1. The second kappa shape index (κ2) is 6.72. The van der Waals surface area contributed by atoms with Crippen molar-refractivity contribution < 1.29 is 14.5 Å². The number of imide groups is 1. The molecule has 3 heterocycles. The Kier molecular flexibility index (Phi) is 4.58. The van der Waals surface area contributed by atoms with Crippen LogP contribution in [-0.2, 0) is 11.2 Å². The summed E-state index contributed by atoms with van der Waals surface area (Å²) in [6, 6.07) is 2.44. The summed E-state index contributed by atoms with van der Waals surface area (Å²) in [5, 5.41) is 5.24. The van der Waals surface area contributed by atoms with Crippen molar-refractivity contribution >= 4 is 23.3 Å². The maximum Gasteiger partial charge on any atom is 0.329 e. The van der Waals surface area contributed by atoms with E-state index < -0.39 is 5.54 Å². The van der Waals surface area contributed by atoms with Crippen LogP contribution in [0.4, 0.5) is 4.79 Å². The average Bonchev–Trinajstić information content (AvgIpc) is 3.07. The van der Waals surface area contributed by atoms with E-state index in [2.05, 4.69) is 23.7 Å². The van der Waals surface area contributed by atoms with Gasteiger partial charge in [-0.2, -0.15) is 0 Å². The van der Waals surface area contributed by atoms with Gasteiger partial charge in [0.25, 0.3) is 5.91 Å². The Bertz CT molecular complexity index is 663. The van der Waals surface area contributed by atoms with Crippen molar-refractivity contribution in [2.75, 3.05) is 13.2 Å². The largest absolute Gasteiger partial charge is 0.329 e. The molecular formula is C19H28N3O2S+. The molecule has 0 radical (unpaired) electrons. The zero-order valence-corrected chi connectivity index (χ0v) is 15.8. The lowest BCUT2D eigenvalue weighted by molar-refractivity contribution is -0.940. The van der Waals surface area contributed by atoms with Gasteiger partial charge in [0, 0.05) is 23.3 Å². The lowest BCUT2D eigenvalue weighted by Crippen LogP contribution is -3.14. The van der Waals surface area contributed by atoms with E-state index >= 15 is 0 Å². The van der Waals surface area contributed by atoms with Gasteiger partial charge in [-0.05, 0) is 24.3 Å². The number of thiophene rings is 1. The fourth-order valence-electron chi connectivity index (χ4n) is 4.92. The van der Waals surface area contributed by atoms with Crippen molar-refractivity contribution in [3.05, 3.63) is 21.9 Å². The van der Waals surface area contributed by atoms with Gasteiger partial charge in [0.05, 0.1) is 6.54 Å². The third-order valence-corrected chi connectivity index (χ3v) is 7.29. The first kappa shape index (κ1) is 17.0. The van der Waals surface area contributed by atoms with Gasteiger partial charge in [-0.1, -0.05) is 32.6 Å². The number of hydrogen-bond acceptors (Lipinski definition) is 3. The second-order valence-electron chi connectivity index (χ2n) is 7.74. The topological polar surface area (TPSA) is 53.9 Å². The molecule has 0 bridgehead atoms. The second-order valence-corrected chi connectivity index (χ2v) is 8.74. The van der Waals surface area contributed by atoms with Crippen molar-refractivity contribution in [3.63, 3.8) is 0 Å². The quantitative estimate of drug-likeness (QED) is 0.811. The Labute approximate surface area is 153 Å². The molecule has 1 unspecified atom stereocenters. The Morgan fingerprint density at radius 1 is 1.28 bits per heavy atom. The first-order valence-corrected chi connectivity index (χ1v) is 10.6. The molecule has 2 fully saturated rings. The minimum Gasteiger partial charge on any atom is -0.323 e. The molecule has 1 aliphatic carbocycles. The standard InChI is InChI=1S/C19H27N3O2S/c1-2-15-14-8-12-25-16(14)7-11-21(15)13-22-17(23)19(20-18(22)24)9-5-3-4-6-10-19/h8,12,15H,2-7,9-11,13H2,1H3,(H,20,24)/p+1/t15-/m1/s1. The van der Waals surface area contributed by atoms with Gasteiger partial charge in [0.15, 0.2) is 6.67 Å². The minimum atomic E-state index is -0.613. The van der Waals surface area contributed by atoms with Crippen molar-refractivity contribution in [2.24, 2.45) is 0 Å². The van der Waals surface area contributed by atoms with E-state index in [1.54, 1.807) is 0 Å². The summed E-state index contributed by atoms with van der Waals surface area (Å²) in [5.74, 6) is 0.0258. The zero-order valence-electron chi connectivity index (χ0n) is 15.0. The summed E-state index contributed by atoms with van der Waals surface area (Å²) in [7, 11) is 0. The number of rotatable bonds is 3. The van der Waals surface area contributed by atoms with Crippen molar-refractivity contribution in [3.8, 4) is 0 Å². The van der Waals surface area contributed by atoms with Crippen LogP contribution in [-0.4, -0.2) is 35.6 Å². The third kappa shape index (κ3) is 2.89. The fraction of sp³-hybridized carbons (Fsp3) is 0.684. The SMILES string of the molecule is CC[C@@H]1c2ccsc2CC[NH+]1CN1C(=O)NC2(CCCCCC2)C1=O. The number of carbonyl (C=O) groups excluding carboxylic acids is 2. The highest BCUT2D eigenvalue weighted by Crippen LogP contribution is 2.33. The molecule has 1 spiro atoms. The van der Waals surface area contributed by atoms with Gasteiger partial charge in [-0.15, -0.1) is 11.3 Å². The van der Waals surface area contributed by atoms with Gasteiger partial charge < -0.3 is 10.2 Å². The molecule has 1 aromatic heterocycles. The van der Waals surface area contributed by atoms with Crippen LogP contribution in [0, 0.1) is 0 Å². The fourth-order valence-corrected chi connectivity index (χ4v) is 5.87. The molecule has 3 amide bonds. The summed E-state index contributed by atoms with van der Waals surface area (Å²) in [6.45, 7) is 3.70. The molecule has 1 saturated carbocycles. The molecule has 2 aliphatic heterocycles. The highest BCUT2D eigenvalue weighted by Gasteiger charge is 2.52. The molecule has 4 rings (SSSR count). The molecule has 6 heteroatoms. The monoisotopic (exact) mass is 362 g/mol. The number of carbonyl (C=O) groups is 2. The molecule has 3 aliphatic rings. The van der Waals surface area contributed by atoms with E-state index in [0.29, 0.717) is 12.7 Å². The lowest BCUT2D eigenvalue weighted by Gasteiger charge is -2.34. The Balaban J connectivity index is 1.52. The smallest absolute Gasteiger partial charge is 0.323 e. The van der Waals surface area contributed by atoms with E-state index in [9.17, 15) is 9.59 Å². The predicted octanol–water partition coefficient (Wildman–Crippen LogP) is 2.24. The van der Waals surface area contributed by atoms with Crippen molar-refractivity contribution in [2.45, 2.75) is 69.9 Å². The first-order chi connectivity index (χ1) is 12.1. The molecule has 2 N–H and O–H groups in total. The third-order valence-electron chi connectivity index (χ3n) is 6.29. The van der Waals surface area contributed by atoms with Crippen LogP contribution < -0.4 is 10.2 Å². The maximum absolute atomic E-state index is 13.1. The van der Waals surface area contributed by atoms with E-state index in [1.165, 1.54) is 33.1 Å². The van der Waals surface area contributed by atoms with Crippen LogP contribution in [0.2, 0.25) is 0 Å². The lowest BCUT2D eigenvalue weighted by atomic mass is 9.90. The number of nitrogens with zero attached hydrogens (tertiary/aromatic N) is 1. The number of hydrogen-bond donors (Lipinski definition) is 2. The van der Waals surface area contributed by atoms with E-state index in [1.807, 2.05) is 11.3 Å². The molecule has 2 atom stereocenters. The minimum absolute atomic E-state index is 0.0258. The highest BCUT2D eigenvalue weighted by atomic mass is 32.1. The molecule has 136 valence electrons. The summed E-state index contributed by atoms with van der Waals surface area (Å²) >= 11 is 1.84. The van der Waals surface area contributed by atoms with E-state index in [4.69, 9.17) is 0 Å². The van der Waals surface area contributed by atoms with Gasteiger partial charge in [0.2, 0.25) is 0 Å². The van der Waals surface area contributed by atoms with Crippen LogP contribution in [0.5, 0.6) is 0 Å². The molecule has 25 heavy (non-hydrogen) atoms. The predicted molar refractivity (Wildman–Crippen MR) is 97.6 cm³/mol. The normalized spacial score (nSPS) is 28.8. The number of quaternary nitrogens is 1. The number of amides is 3. The van der Waals surface area contributed by atoms with Crippen LogP contribution in [0.1, 0.15) is 68.4 Å². The number of urea groups is 1. The van der Waals surface area contributed by atoms with Gasteiger partial charge in [-0.3, -0.25) is 4.79 Å². The van der Waals surface area contributed by atoms with Crippen LogP contribution >= 0.6 is 11.3 Å².